The van der Waals surface area contributed by atoms with Crippen LogP contribution in [0.2, 0.25) is 0 Å². The average molecular weight is 1040 g/mol. The molecule has 0 heterocycles. The highest BCUT2D eigenvalue weighted by Crippen LogP contribution is 2.15. The van der Waals surface area contributed by atoms with Crippen LogP contribution in [0.4, 0.5) is 0 Å². The van der Waals surface area contributed by atoms with Gasteiger partial charge in [0.15, 0.2) is 6.10 Å². The molecule has 0 aliphatic rings. The van der Waals surface area contributed by atoms with Crippen molar-refractivity contribution in [1.82, 2.24) is 0 Å². The van der Waals surface area contributed by atoms with Gasteiger partial charge in [-0.15, -0.1) is 0 Å². The zero-order valence-corrected chi connectivity index (χ0v) is 49.0. The summed E-state index contributed by atoms with van der Waals surface area (Å²) in [5.41, 5.74) is 0. The first-order valence-corrected chi connectivity index (χ1v) is 31.4. The molecule has 0 saturated heterocycles. The second-order valence-electron chi connectivity index (χ2n) is 20.6. The van der Waals surface area contributed by atoms with E-state index in [1.54, 1.807) is 0 Å². The predicted octanol–water partition coefficient (Wildman–Crippen LogP) is 21.4. The summed E-state index contributed by atoms with van der Waals surface area (Å²) in [5, 5.41) is 0. The maximum absolute atomic E-state index is 12.9. The van der Waals surface area contributed by atoms with Crippen molar-refractivity contribution in [3.8, 4) is 0 Å². The number of hydrogen-bond donors (Lipinski definition) is 0. The van der Waals surface area contributed by atoms with Gasteiger partial charge in [-0.2, -0.15) is 0 Å². The summed E-state index contributed by atoms with van der Waals surface area (Å²) >= 11 is 0. The molecular formula is C69H116O6. The van der Waals surface area contributed by atoms with E-state index in [-0.39, 0.29) is 37.5 Å². The van der Waals surface area contributed by atoms with Crippen LogP contribution in [0.3, 0.4) is 0 Å². The first-order valence-electron chi connectivity index (χ1n) is 31.4. The molecule has 1 unspecified atom stereocenters. The van der Waals surface area contributed by atoms with Crippen molar-refractivity contribution in [1.29, 1.82) is 0 Å². The molecule has 0 bridgehead atoms. The molecule has 0 aromatic rings. The van der Waals surface area contributed by atoms with Crippen LogP contribution in [0.1, 0.15) is 290 Å². The number of rotatable bonds is 56. The molecule has 6 nitrogen and oxygen atoms in total. The Hall–Kier alpha value is -3.93. The van der Waals surface area contributed by atoms with Gasteiger partial charge in [0.2, 0.25) is 0 Å². The highest BCUT2D eigenvalue weighted by Gasteiger charge is 2.19. The second-order valence-corrected chi connectivity index (χ2v) is 20.6. The Balaban J connectivity index is 4.34. The van der Waals surface area contributed by atoms with Crippen molar-refractivity contribution >= 4 is 17.9 Å². The number of ether oxygens (including phenoxy) is 3. The lowest BCUT2D eigenvalue weighted by molar-refractivity contribution is -0.167. The highest BCUT2D eigenvalue weighted by molar-refractivity contribution is 5.71. The molecule has 0 saturated carbocycles. The molecule has 0 aliphatic carbocycles. The molecule has 0 N–H and O–H groups in total. The van der Waals surface area contributed by atoms with Gasteiger partial charge in [0, 0.05) is 19.3 Å². The van der Waals surface area contributed by atoms with Gasteiger partial charge in [-0.1, -0.05) is 252 Å². The molecule has 6 heteroatoms. The van der Waals surface area contributed by atoms with E-state index < -0.39 is 6.10 Å². The van der Waals surface area contributed by atoms with Crippen LogP contribution in [0.25, 0.3) is 0 Å². The Morgan fingerprint density at radius 3 is 0.867 bits per heavy atom. The minimum absolute atomic E-state index is 0.101. The van der Waals surface area contributed by atoms with E-state index in [1.165, 1.54) is 128 Å². The third-order valence-corrected chi connectivity index (χ3v) is 13.2. The summed E-state index contributed by atoms with van der Waals surface area (Å²) in [7, 11) is 0. The Bertz CT molecular complexity index is 1520. The Labute approximate surface area is 463 Å². The molecular weight excluding hydrogens is 925 g/mol. The molecule has 0 aromatic heterocycles. The van der Waals surface area contributed by atoms with Crippen LogP contribution in [0.5, 0.6) is 0 Å². The number of hydrogen-bond acceptors (Lipinski definition) is 6. The third kappa shape index (κ3) is 60.8. The molecule has 0 amide bonds. The van der Waals surface area contributed by atoms with Crippen LogP contribution in [0.15, 0.2) is 109 Å². The molecule has 1 atom stereocenters. The number of carbonyl (C=O) groups is 3. The Morgan fingerprint density at radius 2 is 0.520 bits per heavy atom. The van der Waals surface area contributed by atoms with Crippen molar-refractivity contribution in [3.63, 3.8) is 0 Å². The van der Waals surface area contributed by atoms with Crippen LogP contribution in [-0.4, -0.2) is 37.2 Å². The van der Waals surface area contributed by atoms with Crippen LogP contribution in [0, 0.1) is 0 Å². The topological polar surface area (TPSA) is 78.9 Å². The first-order chi connectivity index (χ1) is 37.0. The Morgan fingerprint density at radius 1 is 0.280 bits per heavy atom. The lowest BCUT2D eigenvalue weighted by Crippen LogP contribution is -2.30. The van der Waals surface area contributed by atoms with Gasteiger partial charge in [-0.05, 0) is 128 Å². The summed E-state index contributed by atoms with van der Waals surface area (Å²) in [4.78, 5) is 38.2. The monoisotopic (exact) mass is 1040 g/mol. The van der Waals surface area contributed by atoms with E-state index in [4.69, 9.17) is 14.2 Å². The minimum atomic E-state index is -0.809. The smallest absolute Gasteiger partial charge is 0.306 e. The van der Waals surface area contributed by atoms with Crippen molar-refractivity contribution in [2.75, 3.05) is 13.2 Å². The fraction of sp³-hybridized carbons (Fsp3) is 0.696. The second kappa shape index (κ2) is 62.6. The van der Waals surface area contributed by atoms with Crippen LogP contribution in [-0.2, 0) is 28.6 Å². The molecule has 0 spiro atoms. The number of unbranched alkanes of at least 4 members (excludes halogenated alkanes) is 27. The van der Waals surface area contributed by atoms with Crippen molar-refractivity contribution in [2.24, 2.45) is 0 Å². The largest absolute Gasteiger partial charge is 0.462 e. The number of carbonyl (C=O) groups excluding carboxylic acids is 3. The molecule has 0 aromatic carbocycles. The van der Waals surface area contributed by atoms with Gasteiger partial charge in [-0.25, -0.2) is 0 Å². The normalized spacial score (nSPS) is 12.8. The maximum atomic E-state index is 12.9. The number of esters is 3. The Kier molecular flexibility index (Phi) is 59.3. The zero-order chi connectivity index (χ0) is 54.3. The molecule has 0 radical (unpaired) electrons. The molecule has 428 valence electrons. The summed E-state index contributed by atoms with van der Waals surface area (Å²) in [6.07, 6.45) is 85.3. The average Bonchev–Trinajstić information content (AvgIpc) is 3.41. The van der Waals surface area contributed by atoms with Gasteiger partial charge in [0.05, 0.1) is 0 Å². The van der Waals surface area contributed by atoms with Crippen LogP contribution >= 0.6 is 0 Å². The van der Waals surface area contributed by atoms with Gasteiger partial charge in [0.25, 0.3) is 0 Å². The quantitative estimate of drug-likeness (QED) is 0.0261. The van der Waals surface area contributed by atoms with E-state index in [0.29, 0.717) is 19.3 Å². The fourth-order valence-electron chi connectivity index (χ4n) is 8.53. The molecule has 0 fully saturated rings. The van der Waals surface area contributed by atoms with Crippen molar-refractivity contribution in [3.05, 3.63) is 109 Å². The van der Waals surface area contributed by atoms with E-state index in [2.05, 4.69) is 130 Å². The zero-order valence-electron chi connectivity index (χ0n) is 49.0. The maximum Gasteiger partial charge on any atom is 0.306 e. The standard InChI is InChI=1S/C69H116O6/c1-4-7-10-13-16-19-22-25-28-29-30-31-32-33-34-35-36-37-38-39-42-44-47-50-53-56-59-62-68(71)74-65-66(75-69(72)63-60-57-54-51-48-45-41-27-24-21-18-15-12-9-6-3)64-73-67(70)61-58-55-52-49-46-43-40-26-23-20-17-14-11-8-5-2/h9,12,17-18,20-22,25-27,29-30,32-33,40-41,48,51,66H,4-8,10-11,13-16,19,23-24,28,31,34-39,42-47,49-50,52-65H2,1-3H3/b12-9-,20-17-,21-18-,25-22-,30-29-,33-32-,40-26-,41-27-,51-48-. The van der Waals surface area contributed by atoms with Crippen LogP contribution < -0.4 is 0 Å². The minimum Gasteiger partial charge on any atom is -0.462 e. The SMILES string of the molecule is CC/C=C\C/C=C\C/C=C\C/C=C\CCCCC(=O)OC(COC(=O)CCCCCCC/C=C\C/C=C\CCCCC)COC(=O)CCCCCCCCCCCCCC/C=C\C/C=C\C/C=C\CCCCCCC. The summed E-state index contributed by atoms with van der Waals surface area (Å²) in [5.74, 6) is -0.955. The predicted molar refractivity (Wildman–Crippen MR) is 325 cm³/mol. The summed E-state index contributed by atoms with van der Waals surface area (Å²) in [6, 6.07) is 0. The first kappa shape index (κ1) is 71.1. The van der Waals surface area contributed by atoms with Crippen molar-refractivity contribution < 1.29 is 28.6 Å². The molecule has 75 heavy (non-hydrogen) atoms. The van der Waals surface area contributed by atoms with Crippen molar-refractivity contribution in [2.45, 2.75) is 297 Å². The van der Waals surface area contributed by atoms with E-state index >= 15 is 0 Å². The fourth-order valence-corrected chi connectivity index (χ4v) is 8.53. The van der Waals surface area contributed by atoms with Gasteiger partial charge >= 0.3 is 17.9 Å². The highest BCUT2D eigenvalue weighted by atomic mass is 16.6. The van der Waals surface area contributed by atoms with E-state index in [9.17, 15) is 14.4 Å². The van der Waals surface area contributed by atoms with E-state index in [0.717, 1.165) is 116 Å². The van der Waals surface area contributed by atoms with Gasteiger partial charge < -0.3 is 14.2 Å². The number of allylic oxidation sites excluding steroid dienone is 18. The van der Waals surface area contributed by atoms with E-state index in [1.807, 2.05) is 0 Å². The molecule has 0 aliphatic heterocycles. The third-order valence-electron chi connectivity index (χ3n) is 13.2. The summed E-state index contributed by atoms with van der Waals surface area (Å²) in [6.45, 7) is 6.45. The van der Waals surface area contributed by atoms with Gasteiger partial charge in [0.1, 0.15) is 13.2 Å². The lowest BCUT2D eigenvalue weighted by Gasteiger charge is -2.18. The van der Waals surface area contributed by atoms with Gasteiger partial charge in [-0.3, -0.25) is 14.4 Å². The summed E-state index contributed by atoms with van der Waals surface area (Å²) < 4.78 is 16.9. The lowest BCUT2D eigenvalue weighted by atomic mass is 10.0. The molecule has 0 rings (SSSR count).